The Morgan fingerprint density at radius 1 is 0.833 bits per heavy atom. The minimum Gasteiger partial charge on any atom is -0.361 e. The van der Waals surface area contributed by atoms with Gasteiger partial charge >= 0.3 is 12.4 Å². The van der Waals surface area contributed by atoms with Gasteiger partial charge in [-0.05, 0) is 37.5 Å². The average Bonchev–Trinajstić information content (AvgIpc) is 2.67. The standard InChI is InChI=1S/C16H15F6NO/c17-15(18,19)11-6-12(16(20,21)22)8-13(7-11)23-9-10-4-2-1-3-5-14(10)24/h6-9,23H,1-5H2/b10-9+. The fourth-order valence-corrected chi connectivity index (χ4v) is 2.44. The molecule has 0 heterocycles. The Morgan fingerprint density at radius 2 is 1.38 bits per heavy atom. The molecule has 0 aliphatic heterocycles. The van der Waals surface area contributed by atoms with Crippen LogP contribution < -0.4 is 5.32 Å². The highest BCUT2D eigenvalue weighted by Gasteiger charge is 2.36. The average molecular weight is 351 g/mol. The molecule has 0 amide bonds. The molecule has 1 saturated carbocycles. The molecule has 1 aliphatic rings. The van der Waals surface area contributed by atoms with Crippen LogP contribution in [-0.2, 0) is 17.1 Å². The maximum absolute atomic E-state index is 12.8. The molecule has 0 atom stereocenters. The molecule has 8 heteroatoms. The number of carbonyl (C=O) groups excluding carboxylic acids is 1. The molecule has 24 heavy (non-hydrogen) atoms. The summed E-state index contributed by atoms with van der Waals surface area (Å²) in [5.41, 5.74) is -2.77. The molecule has 132 valence electrons. The lowest BCUT2D eigenvalue weighted by molar-refractivity contribution is -0.143. The van der Waals surface area contributed by atoms with Gasteiger partial charge < -0.3 is 5.32 Å². The molecule has 0 unspecified atom stereocenters. The highest BCUT2D eigenvalue weighted by atomic mass is 19.4. The summed E-state index contributed by atoms with van der Waals surface area (Å²) in [6, 6.07) is 1.25. The summed E-state index contributed by atoms with van der Waals surface area (Å²) in [7, 11) is 0. The van der Waals surface area contributed by atoms with E-state index in [0.29, 0.717) is 30.5 Å². The van der Waals surface area contributed by atoms with Gasteiger partial charge in [0, 0.05) is 23.9 Å². The molecule has 1 aliphatic carbocycles. The van der Waals surface area contributed by atoms with Crippen molar-refractivity contribution in [3.8, 4) is 0 Å². The molecule has 0 aromatic heterocycles. The van der Waals surface area contributed by atoms with Crippen molar-refractivity contribution in [3.05, 3.63) is 41.1 Å². The molecule has 2 rings (SSSR count). The van der Waals surface area contributed by atoms with Crippen molar-refractivity contribution in [2.75, 3.05) is 5.32 Å². The monoisotopic (exact) mass is 351 g/mol. The van der Waals surface area contributed by atoms with E-state index in [1.54, 1.807) is 0 Å². The zero-order chi connectivity index (χ0) is 18.0. The first-order chi connectivity index (χ1) is 11.1. The maximum atomic E-state index is 12.8. The first-order valence-electron chi connectivity index (χ1n) is 7.35. The number of ketones is 1. The van der Waals surface area contributed by atoms with E-state index in [2.05, 4.69) is 5.32 Å². The van der Waals surface area contributed by atoms with Crippen molar-refractivity contribution in [3.63, 3.8) is 0 Å². The molecule has 0 bridgehead atoms. The summed E-state index contributed by atoms with van der Waals surface area (Å²) >= 11 is 0. The van der Waals surface area contributed by atoms with Crippen LogP contribution in [0.5, 0.6) is 0 Å². The SMILES string of the molecule is O=C1CCCCC/C1=C\Nc1cc(C(F)(F)F)cc(C(F)(F)F)c1. The van der Waals surface area contributed by atoms with Gasteiger partial charge in [0.05, 0.1) is 11.1 Å². The number of nitrogens with one attached hydrogen (secondary N) is 1. The lowest BCUT2D eigenvalue weighted by Gasteiger charge is -2.14. The fourth-order valence-electron chi connectivity index (χ4n) is 2.44. The van der Waals surface area contributed by atoms with Crippen molar-refractivity contribution in [1.29, 1.82) is 0 Å². The van der Waals surface area contributed by atoms with Crippen LogP contribution in [0.15, 0.2) is 30.0 Å². The van der Waals surface area contributed by atoms with Crippen molar-refractivity contribution in [1.82, 2.24) is 0 Å². The first kappa shape index (κ1) is 18.4. The van der Waals surface area contributed by atoms with Crippen LogP contribution in [0, 0.1) is 0 Å². The zero-order valence-electron chi connectivity index (χ0n) is 12.5. The van der Waals surface area contributed by atoms with E-state index in [-0.39, 0.29) is 17.5 Å². The van der Waals surface area contributed by atoms with E-state index in [4.69, 9.17) is 0 Å². The molecular formula is C16H15F6NO. The van der Waals surface area contributed by atoms with Crippen LogP contribution in [0.1, 0.15) is 43.2 Å². The van der Waals surface area contributed by atoms with Gasteiger partial charge in [-0.2, -0.15) is 26.3 Å². The number of hydrogen-bond donors (Lipinski definition) is 1. The van der Waals surface area contributed by atoms with Crippen LogP contribution in [0.2, 0.25) is 0 Å². The van der Waals surface area contributed by atoms with E-state index >= 15 is 0 Å². The van der Waals surface area contributed by atoms with Crippen molar-refractivity contribution < 1.29 is 31.1 Å². The first-order valence-corrected chi connectivity index (χ1v) is 7.35. The molecule has 1 aromatic carbocycles. The van der Waals surface area contributed by atoms with E-state index in [9.17, 15) is 31.1 Å². The second-order valence-corrected chi connectivity index (χ2v) is 5.59. The topological polar surface area (TPSA) is 29.1 Å². The Hall–Kier alpha value is -1.99. The largest absolute Gasteiger partial charge is 0.416 e. The molecule has 0 saturated heterocycles. The zero-order valence-corrected chi connectivity index (χ0v) is 12.5. The van der Waals surface area contributed by atoms with Gasteiger partial charge in [0.2, 0.25) is 0 Å². The number of halogens is 6. The summed E-state index contributed by atoms with van der Waals surface area (Å²) in [5.74, 6) is -0.136. The summed E-state index contributed by atoms with van der Waals surface area (Å²) in [6.45, 7) is 0. The lowest BCUT2D eigenvalue weighted by Crippen LogP contribution is -2.11. The third-order valence-electron chi connectivity index (χ3n) is 3.71. The number of Topliss-reactive ketones (excluding diaryl/α,β-unsaturated/α-hetero) is 1. The third-order valence-corrected chi connectivity index (χ3v) is 3.71. The van der Waals surface area contributed by atoms with Gasteiger partial charge in [-0.15, -0.1) is 0 Å². The smallest absolute Gasteiger partial charge is 0.361 e. The Balaban J connectivity index is 2.33. The van der Waals surface area contributed by atoms with Crippen LogP contribution >= 0.6 is 0 Å². The van der Waals surface area contributed by atoms with Crippen LogP contribution in [-0.4, -0.2) is 5.78 Å². The summed E-state index contributed by atoms with van der Waals surface area (Å²) < 4.78 is 76.7. The second-order valence-electron chi connectivity index (χ2n) is 5.59. The van der Waals surface area contributed by atoms with Gasteiger partial charge in [-0.3, -0.25) is 4.79 Å². The number of allylic oxidation sites excluding steroid dienone is 1. The molecule has 0 spiro atoms. The maximum Gasteiger partial charge on any atom is 0.416 e. The quantitative estimate of drug-likeness (QED) is 0.430. The van der Waals surface area contributed by atoms with Crippen molar-refractivity contribution >= 4 is 11.5 Å². The molecule has 1 N–H and O–H groups in total. The highest BCUT2D eigenvalue weighted by molar-refractivity contribution is 5.95. The minimum absolute atomic E-state index is 0.0646. The Labute approximate surface area is 134 Å². The molecule has 2 nitrogen and oxygen atoms in total. The highest BCUT2D eigenvalue weighted by Crippen LogP contribution is 2.37. The molecule has 1 fully saturated rings. The molecule has 1 aromatic rings. The predicted molar refractivity (Wildman–Crippen MR) is 76.2 cm³/mol. The Morgan fingerprint density at radius 3 is 1.92 bits per heavy atom. The number of rotatable bonds is 2. The summed E-state index contributed by atoms with van der Waals surface area (Å²) in [5, 5.41) is 2.41. The van der Waals surface area contributed by atoms with Crippen molar-refractivity contribution in [2.24, 2.45) is 0 Å². The van der Waals surface area contributed by atoms with E-state index in [1.807, 2.05) is 0 Å². The van der Waals surface area contributed by atoms with Crippen LogP contribution in [0.25, 0.3) is 0 Å². The molecule has 0 radical (unpaired) electrons. The van der Waals surface area contributed by atoms with Crippen molar-refractivity contribution in [2.45, 2.75) is 44.5 Å². The van der Waals surface area contributed by atoms with E-state index in [0.717, 1.165) is 19.3 Å². The van der Waals surface area contributed by atoms with Crippen LogP contribution in [0.3, 0.4) is 0 Å². The van der Waals surface area contributed by atoms with Gasteiger partial charge in [0.25, 0.3) is 0 Å². The summed E-state index contributed by atoms with van der Waals surface area (Å²) in [4.78, 5) is 11.8. The number of alkyl halides is 6. The Bertz CT molecular complexity index is 613. The van der Waals surface area contributed by atoms with E-state index < -0.39 is 23.5 Å². The second kappa shape index (κ2) is 6.86. The lowest BCUT2D eigenvalue weighted by atomic mass is 10.1. The third kappa shape index (κ3) is 4.75. The van der Waals surface area contributed by atoms with Crippen LogP contribution in [0.4, 0.5) is 32.0 Å². The number of carbonyl (C=O) groups is 1. The Kier molecular flexibility index (Phi) is 5.25. The number of hydrogen-bond acceptors (Lipinski definition) is 2. The molecular weight excluding hydrogens is 336 g/mol. The normalized spacial score (nSPS) is 18.6. The number of anilines is 1. The predicted octanol–water partition coefficient (Wildman–Crippen LogP) is 5.55. The van der Waals surface area contributed by atoms with Gasteiger partial charge in [0.1, 0.15) is 0 Å². The minimum atomic E-state index is -4.90. The van der Waals surface area contributed by atoms with Gasteiger partial charge in [-0.25, -0.2) is 0 Å². The van der Waals surface area contributed by atoms with Gasteiger partial charge in [0.15, 0.2) is 5.78 Å². The van der Waals surface area contributed by atoms with E-state index in [1.165, 1.54) is 6.20 Å². The number of benzene rings is 1. The fraction of sp³-hybridized carbons (Fsp3) is 0.438. The summed E-state index contributed by atoms with van der Waals surface area (Å²) in [6.07, 6.45) is -5.44. The van der Waals surface area contributed by atoms with Gasteiger partial charge in [-0.1, -0.05) is 6.42 Å².